The van der Waals surface area contributed by atoms with Crippen LogP contribution < -0.4 is 22.5 Å². The van der Waals surface area contributed by atoms with E-state index >= 15 is 0 Å². The number of rotatable bonds is 9. The monoisotopic (exact) mass is 602 g/mol. The van der Waals surface area contributed by atoms with Gasteiger partial charge in [0.25, 0.3) is 11.1 Å². The van der Waals surface area contributed by atoms with E-state index in [1.807, 2.05) is 13.8 Å². The number of hydrogen-bond acceptors (Lipinski definition) is 10. The van der Waals surface area contributed by atoms with Crippen LogP contribution in [0.3, 0.4) is 0 Å². The highest BCUT2D eigenvalue weighted by Gasteiger charge is 2.23. The number of ketones is 2. The molecule has 0 bridgehead atoms. The Bertz CT molecular complexity index is 1970. The van der Waals surface area contributed by atoms with Crippen LogP contribution in [0, 0.1) is 0 Å². The summed E-state index contributed by atoms with van der Waals surface area (Å²) in [7, 11) is 4.52. The maximum absolute atomic E-state index is 12.6. The minimum absolute atomic E-state index is 0.0201. The minimum atomic E-state index is -1.14. The van der Waals surface area contributed by atoms with Gasteiger partial charge in [-0.3, -0.25) is 37.4 Å². The zero-order valence-electron chi connectivity index (χ0n) is 25.1. The van der Waals surface area contributed by atoms with Crippen LogP contribution in [0.5, 0.6) is 0 Å². The van der Waals surface area contributed by atoms with Gasteiger partial charge in [0.05, 0.1) is 37.9 Å². The summed E-state index contributed by atoms with van der Waals surface area (Å²) in [6.07, 6.45) is 2.57. The lowest BCUT2D eigenvalue weighted by atomic mass is 10.2. The molecule has 4 heterocycles. The molecule has 0 amide bonds. The fraction of sp³-hybridized carbons (Fsp3) is 0.500. The number of nitrogens with zero attached hydrogens (tertiary/aromatic N) is 8. The fourth-order valence-corrected chi connectivity index (χ4v) is 4.45. The second-order valence-corrected chi connectivity index (χ2v) is 10.2. The summed E-state index contributed by atoms with van der Waals surface area (Å²) in [5.74, 6) is -1.76. The van der Waals surface area contributed by atoms with Crippen LogP contribution in [0.4, 0.5) is 0 Å². The molecule has 43 heavy (non-hydrogen) atoms. The molecule has 17 heteroatoms. The van der Waals surface area contributed by atoms with E-state index < -0.39 is 34.5 Å². The molecule has 0 spiro atoms. The molecule has 0 aliphatic rings. The predicted molar refractivity (Wildman–Crippen MR) is 153 cm³/mol. The Balaban J connectivity index is 0.000000236. The van der Waals surface area contributed by atoms with Gasteiger partial charge < -0.3 is 19.0 Å². The van der Waals surface area contributed by atoms with Gasteiger partial charge >= 0.3 is 17.3 Å². The third-order valence-electron chi connectivity index (χ3n) is 7.14. The maximum Gasteiger partial charge on any atom is 0.332 e. The van der Waals surface area contributed by atoms with Crippen molar-refractivity contribution < 1.29 is 24.2 Å². The molecule has 17 nitrogen and oxygen atoms in total. The number of fused-ring (bicyclic) bond motifs is 2. The Labute approximate surface area is 243 Å². The Morgan fingerprint density at radius 1 is 0.791 bits per heavy atom. The lowest BCUT2D eigenvalue weighted by Crippen LogP contribution is -2.41. The Morgan fingerprint density at radius 2 is 1.19 bits per heavy atom. The van der Waals surface area contributed by atoms with E-state index in [0.29, 0.717) is 11.2 Å². The number of carbonyl (C=O) groups excluding carboxylic acids is 2. The van der Waals surface area contributed by atoms with E-state index in [-0.39, 0.29) is 48.0 Å². The average molecular weight is 603 g/mol. The number of carboxylic acid groups (broad SMARTS) is 1. The van der Waals surface area contributed by atoms with Crippen LogP contribution in [0.1, 0.15) is 46.7 Å². The first-order chi connectivity index (χ1) is 20.0. The average Bonchev–Trinajstić information content (AvgIpc) is 3.60. The molecule has 0 radical (unpaired) electrons. The first-order valence-electron chi connectivity index (χ1n) is 13.1. The summed E-state index contributed by atoms with van der Waals surface area (Å²) in [6, 6.07) is -1.17. The van der Waals surface area contributed by atoms with Gasteiger partial charge in [-0.15, -0.1) is 0 Å². The van der Waals surface area contributed by atoms with E-state index in [1.165, 1.54) is 56.7 Å². The van der Waals surface area contributed by atoms with Crippen LogP contribution >= 0.6 is 0 Å². The largest absolute Gasteiger partial charge is 0.480 e. The molecule has 0 aliphatic heterocycles. The van der Waals surface area contributed by atoms with Gasteiger partial charge in [0.1, 0.15) is 17.6 Å². The Morgan fingerprint density at radius 3 is 1.56 bits per heavy atom. The third-order valence-corrected chi connectivity index (χ3v) is 7.14. The Kier molecular flexibility index (Phi) is 9.49. The van der Waals surface area contributed by atoms with E-state index in [0.717, 1.165) is 13.7 Å². The molecule has 0 aliphatic carbocycles. The summed E-state index contributed by atoms with van der Waals surface area (Å²) in [5.41, 5.74) is -1.81. The number of aromatic nitrogens is 8. The highest BCUT2D eigenvalue weighted by atomic mass is 16.5. The summed E-state index contributed by atoms with van der Waals surface area (Å²) in [5, 5.41) is 9.06. The number of hydrogen-bond donors (Lipinski definition) is 1. The SMILES string of the molecule is CC(=O)Cn1c(=O)c2c(ncn2[C@@H](C)C(=O)O)n(C)c1=O.COC(C)[C@H](C)n1cnc2c1c(=O)n(CC(C)=O)c(=O)n2C. The normalized spacial score (nSPS) is 13.4. The maximum atomic E-state index is 12.6. The Hall–Kier alpha value is -4.93. The van der Waals surface area contributed by atoms with Gasteiger partial charge in [-0.2, -0.15) is 0 Å². The van der Waals surface area contributed by atoms with Crippen molar-refractivity contribution in [2.45, 2.75) is 65.9 Å². The van der Waals surface area contributed by atoms with E-state index in [4.69, 9.17) is 9.84 Å². The zero-order valence-corrected chi connectivity index (χ0v) is 25.1. The molecule has 0 saturated carbocycles. The lowest BCUT2D eigenvalue weighted by molar-refractivity contribution is -0.140. The van der Waals surface area contributed by atoms with Crippen LogP contribution in [-0.4, -0.2) is 73.2 Å². The van der Waals surface area contributed by atoms with Crippen molar-refractivity contribution >= 4 is 39.9 Å². The second kappa shape index (κ2) is 12.5. The summed E-state index contributed by atoms with van der Waals surface area (Å²) >= 11 is 0. The van der Waals surface area contributed by atoms with E-state index in [9.17, 15) is 33.6 Å². The molecule has 4 aromatic heterocycles. The van der Waals surface area contributed by atoms with Crippen LogP contribution in [0.2, 0.25) is 0 Å². The van der Waals surface area contributed by atoms with Gasteiger partial charge in [0.2, 0.25) is 0 Å². The molecule has 0 fully saturated rings. The van der Waals surface area contributed by atoms with Crippen molar-refractivity contribution in [3.05, 3.63) is 54.3 Å². The summed E-state index contributed by atoms with van der Waals surface area (Å²) in [4.78, 5) is 91.0. The molecule has 4 rings (SSSR count). The smallest absolute Gasteiger partial charge is 0.332 e. The van der Waals surface area contributed by atoms with Crippen molar-refractivity contribution in [2.75, 3.05) is 7.11 Å². The second-order valence-electron chi connectivity index (χ2n) is 10.2. The van der Waals surface area contributed by atoms with Gasteiger partial charge in [-0.25, -0.2) is 24.4 Å². The summed E-state index contributed by atoms with van der Waals surface area (Å²) in [6.45, 7) is 7.15. The standard InChI is InChI=1S/C14H20N4O4.C12H14N4O5/c1-8(19)6-17-13(20)11-12(16(4)14(17)21)15-7-18(11)9(2)10(3)22-5;1-6(17)4-15-10(18)8-9(14(3)12(15)21)13-5-16(8)7(2)11(19)20/h7,9-10H,6H2,1-5H3;5,7H,4H2,1-3H3,(H,19,20)/t9-,10?;7-/m00/s1. The molecule has 1 unspecified atom stereocenters. The van der Waals surface area contributed by atoms with Crippen LogP contribution in [0.25, 0.3) is 22.3 Å². The highest BCUT2D eigenvalue weighted by molar-refractivity contribution is 5.78. The molecule has 0 saturated heterocycles. The predicted octanol–water partition coefficient (Wildman–Crippen LogP) is -0.787. The number of carboxylic acids is 1. The molecule has 1 N–H and O–H groups in total. The van der Waals surface area contributed by atoms with Crippen molar-refractivity contribution in [1.29, 1.82) is 0 Å². The van der Waals surface area contributed by atoms with E-state index in [2.05, 4.69) is 9.97 Å². The molecule has 0 aromatic carbocycles. The third kappa shape index (κ3) is 6.01. The molecular weight excluding hydrogens is 568 g/mol. The van der Waals surface area contributed by atoms with Crippen LogP contribution in [0.15, 0.2) is 31.8 Å². The first-order valence-corrected chi connectivity index (χ1v) is 13.1. The molecule has 4 aromatic rings. The highest BCUT2D eigenvalue weighted by Crippen LogP contribution is 2.18. The number of Topliss-reactive ketones (excluding diaryl/α,β-unsaturated/α-hetero) is 2. The van der Waals surface area contributed by atoms with Crippen molar-refractivity contribution in [1.82, 2.24) is 37.4 Å². The quantitative estimate of drug-likeness (QED) is 0.251. The number of methoxy groups -OCH3 is 1. The van der Waals surface area contributed by atoms with Crippen molar-refractivity contribution in [3.8, 4) is 0 Å². The van der Waals surface area contributed by atoms with Gasteiger partial charge in [0, 0.05) is 21.2 Å². The number of carbonyl (C=O) groups is 3. The zero-order chi connectivity index (χ0) is 32.5. The molecule has 3 atom stereocenters. The number of aryl methyl sites for hydroxylation is 2. The number of imidazole rings is 2. The first kappa shape index (κ1) is 32.6. The fourth-order valence-electron chi connectivity index (χ4n) is 4.45. The molecule has 232 valence electrons. The van der Waals surface area contributed by atoms with E-state index in [1.54, 1.807) is 11.7 Å². The minimum Gasteiger partial charge on any atom is -0.480 e. The van der Waals surface area contributed by atoms with Gasteiger partial charge in [-0.1, -0.05) is 0 Å². The van der Waals surface area contributed by atoms with Crippen molar-refractivity contribution in [3.63, 3.8) is 0 Å². The number of aliphatic carboxylic acids is 1. The van der Waals surface area contributed by atoms with Gasteiger partial charge in [-0.05, 0) is 34.6 Å². The van der Waals surface area contributed by atoms with Crippen molar-refractivity contribution in [2.24, 2.45) is 14.1 Å². The lowest BCUT2D eigenvalue weighted by Gasteiger charge is -2.20. The number of ether oxygens (including phenoxy) is 1. The van der Waals surface area contributed by atoms with Crippen LogP contribution in [-0.2, 0) is 46.3 Å². The van der Waals surface area contributed by atoms with Gasteiger partial charge in [0.15, 0.2) is 22.3 Å². The topological polar surface area (TPSA) is 204 Å². The summed E-state index contributed by atoms with van der Waals surface area (Å²) < 4.78 is 12.3. The molecular formula is C26H34N8O9.